The molecule has 0 spiro atoms. The quantitative estimate of drug-likeness (QED) is 0.719. The number of nitrogen functional groups attached to an aromatic ring is 1. The Morgan fingerprint density at radius 1 is 1.20 bits per heavy atom. The molecular weight excluding hydrogens is 257 g/mol. The zero-order valence-corrected chi connectivity index (χ0v) is 10.8. The van der Waals surface area contributed by atoms with Crippen molar-refractivity contribution in [1.29, 1.82) is 0 Å². The van der Waals surface area contributed by atoms with E-state index in [1.54, 1.807) is 12.1 Å². The van der Waals surface area contributed by atoms with Crippen molar-refractivity contribution in [3.8, 4) is 11.4 Å². The van der Waals surface area contributed by atoms with Crippen molar-refractivity contribution in [1.82, 2.24) is 9.55 Å². The van der Waals surface area contributed by atoms with Gasteiger partial charge in [0.25, 0.3) is 0 Å². The summed E-state index contributed by atoms with van der Waals surface area (Å²) in [5.74, 6) is 0.227. The lowest BCUT2D eigenvalue weighted by Gasteiger charge is -2.08. The molecular formula is C15H14FN3O. The number of benzene rings is 2. The van der Waals surface area contributed by atoms with E-state index < -0.39 is 5.82 Å². The van der Waals surface area contributed by atoms with E-state index in [4.69, 9.17) is 5.73 Å². The molecule has 1 aromatic heterocycles. The molecule has 0 amide bonds. The Kier molecular flexibility index (Phi) is 3.12. The highest BCUT2D eigenvalue weighted by atomic mass is 19.1. The van der Waals surface area contributed by atoms with Crippen LogP contribution in [0.5, 0.6) is 0 Å². The van der Waals surface area contributed by atoms with Crippen LogP contribution < -0.4 is 5.73 Å². The number of nitrogens with two attached hydrogens (primary N) is 1. The molecule has 2 aromatic carbocycles. The maximum absolute atomic E-state index is 13.3. The fourth-order valence-electron chi connectivity index (χ4n) is 2.31. The maximum Gasteiger partial charge on any atom is 0.146 e. The van der Waals surface area contributed by atoms with Gasteiger partial charge in [0.1, 0.15) is 11.6 Å². The topological polar surface area (TPSA) is 64.1 Å². The first-order valence-corrected chi connectivity index (χ1v) is 6.32. The number of imidazole rings is 1. The van der Waals surface area contributed by atoms with Crippen LogP contribution >= 0.6 is 0 Å². The van der Waals surface area contributed by atoms with E-state index >= 15 is 0 Å². The molecule has 0 unspecified atom stereocenters. The Balaban J connectivity index is 2.23. The first-order chi connectivity index (χ1) is 9.70. The summed E-state index contributed by atoms with van der Waals surface area (Å²) >= 11 is 0. The lowest BCUT2D eigenvalue weighted by molar-refractivity contribution is 0.278. The summed E-state index contributed by atoms with van der Waals surface area (Å²) in [6.07, 6.45) is 0. The molecule has 0 aliphatic heterocycles. The molecule has 20 heavy (non-hydrogen) atoms. The number of aliphatic hydroxyl groups excluding tert-OH is 1. The molecule has 0 saturated heterocycles. The Morgan fingerprint density at radius 3 is 2.75 bits per heavy atom. The SMILES string of the molecule is Nc1cc(-c2nc3ccccc3n2CCO)ccc1F. The fourth-order valence-corrected chi connectivity index (χ4v) is 2.31. The lowest BCUT2D eigenvalue weighted by atomic mass is 10.2. The van der Waals surface area contributed by atoms with Crippen molar-refractivity contribution in [2.24, 2.45) is 0 Å². The Hall–Kier alpha value is -2.40. The van der Waals surface area contributed by atoms with Gasteiger partial charge in [-0.05, 0) is 30.3 Å². The number of nitrogens with zero attached hydrogens (tertiary/aromatic N) is 2. The summed E-state index contributed by atoms with van der Waals surface area (Å²) in [6.45, 7) is 0.428. The summed E-state index contributed by atoms with van der Waals surface area (Å²) in [6, 6.07) is 12.2. The average Bonchev–Trinajstić information content (AvgIpc) is 2.82. The van der Waals surface area contributed by atoms with Crippen LogP contribution in [0.1, 0.15) is 0 Å². The Bertz CT molecular complexity index is 767. The zero-order valence-electron chi connectivity index (χ0n) is 10.8. The molecule has 102 valence electrons. The van der Waals surface area contributed by atoms with Gasteiger partial charge < -0.3 is 15.4 Å². The minimum atomic E-state index is -0.446. The maximum atomic E-state index is 13.3. The van der Waals surface area contributed by atoms with Gasteiger partial charge in [-0.2, -0.15) is 0 Å². The van der Waals surface area contributed by atoms with Crippen LogP contribution in [0.15, 0.2) is 42.5 Å². The van der Waals surface area contributed by atoms with Crippen molar-refractivity contribution in [2.45, 2.75) is 6.54 Å². The second-order valence-corrected chi connectivity index (χ2v) is 4.54. The molecule has 0 atom stereocenters. The van der Waals surface area contributed by atoms with Crippen LogP contribution in [-0.4, -0.2) is 21.3 Å². The molecule has 4 nitrogen and oxygen atoms in total. The van der Waals surface area contributed by atoms with Gasteiger partial charge in [0.05, 0.1) is 23.3 Å². The third kappa shape index (κ3) is 2.02. The number of aromatic nitrogens is 2. The van der Waals surface area contributed by atoms with E-state index in [0.29, 0.717) is 12.4 Å². The summed E-state index contributed by atoms with van der Waals surface area (Å²) in [5, 5.41) is 9.23. The number of para-hydroxylation sites is 2. The van der Waals surface area contributed by atoms with E-state index in [1.807, 2.05) is 28.8 Å². The smallest absolute Gasteiger partial charge is 0.146 e. The standard InChI is InChI=1S/C15H14FN3O/c16-11-6-5-10(9-12(11)17)15-18-13-3-1-2-4-14(13)19(15)7-8-20/h1-6,9,20H,7-8,17H2. The second kappa shape index (κ2) is 4.94. The van der Waals surface area contributed by atoms with Gasteiger partial charge in [0.2, 0.25) is 0 Å². The average molecular weight is 271 g/mol. The van der Waals surface area contributed by atoms with Crippen LogP contribution in [0.2, 0.25) is 0 Å². The number of halogens is 1. The van der Waals surface area contributed by atoms with Crippen molar-refractivity contribution < 1.29 is 9.50 Å². The van der Waals surface area contributed by atoms with E-state index in [2.05, 4.69) is 4.98 Å². The van der Waals surface area contributed by atoms with Gasteiger partial charge in [-0.1, -0.05) is 12.1 Å². The molecule has 5 heteroatoms. The lowest BCUT2D eigenvalue weighted by Crippen LogP contribution is -2.04. The number of aliphatic hydroxyl groups is 1. The highest BCUT2D eigenvalue weighted by Crippen LogP contribution is 2.26. The predicted octanol–water partition coefficient (Wildman–Crippen LogP) is 2.42. The van der Waals surface area contributed by atoms with E-state index in [9.17, 15) is 9.50 Å². The number of anilines is 1. The molecule has 3 N–H and O–H groups in total. The normalized spacial score (nSPS) is 11.1. The van der Waals surface area contributed by atoms with Crippen molar-refractivity contribution in [3.05, 3.63) is 48.3 Å². The highest BCUT2D eigenvalue weighted by Gasteiger charge is 2.13. The van der Waals surface area contributed by atoms with Crippen molar-refractivity contribution in [2.75, 3.05) is 12.3 Å². The largest absolute Gasteiger partial charge is 0.396 e. The minimum Gasteiger partial charge on any atom is -0.396 e. The van der Waals surface area contributed by atoms with Crippen LogP contribution in [0.25, 0.3) is 22.4 Å². The molecule has 1 heterocycles. The third-order valence-electron chi connectivity index (χ3n) is 3.23. The predicted molar refractivity (Wildman–Crippen MR) is 76.6 cm³/mol. The molecule has 0 aliphatic carbocycles. The second-order valence-electron chi connectivity index (χ2n) is 4.54. The van der Waals surface area contributed by atoms with Crippen LogP contribution in [0.3, 0.4) is 0 Å². The van der Waals surface area contributed by atoms with E-state index in [0.717, 1.165) is 16.6 Å². The number of hydrogen-bond acceptors (Lipinski definition) is 3. The van der Waals surface area contributed by atoms with Gasteiger partial charge in [-0.15, -0.1) is 0 Å². The van der Waals surface area contributed by atoms with Gasteiger partial charge in [-0.3, -0.25) is 0 Å². The molecule has 0 radical (unpaired) electrons. The Morgan fingerprint density at radius 2 is 2.00 bits per heavy atom. The van der Waals surface area contributed by atoms with Crippen LogP contribution in [-0.2, 0) is 6.54 Å². The first kappa shape index (κ1) is 12.6. The summed E-state index contributed by atoms with van der Waals surface area (Å²) in [7, 11) is 0. The van der Waals surface area contributed by atoms with Crippen molar-refractivity contribution >= 4 is 16.7 Å². The van der Waals surface area contributed by atoms with E-state index in [1.165, 1.54) is 6.07 Å². The van der Waals surface area contributed by atoms with Crippen molar-refractivity contribution in [3.63, 3.8) is 0 Å². The third-order valence-corrected chi connectivity index (χ3v) is 3.23. The fraction of sp³-hybridized carbons (Fsp3) is 0.133. The molecule has 0 bridgehead atoms. The number of fused-ring (bicyclic) bond motifs is 1. The number of rotatable bonds is 3. The van der Waals surface area contributed by atoms with Crippen LogP contribution in [0, 0.1) is 5.82 Å². The highest BCUT2D eigenvalue weighted by molar-refractivity contribution is 5.81. The minimum absolute atomic E-state index is 0.00400. The van der Waals surface area contributed by atoms with Gasteiger partial charge in [-0.25, -0.2) is 9.37 Å². The molecule has 0 fully saturated rings. The van der Waals surface area contributed by atoms with Crippen LogP contribution in [0.4, 0.5) is 10.1 Å². The first-order valence-electron chi connectivity index (χ1n) is 6.32. The molecule has 3 rings (SSSR count). The summed E-state index contributed by atoms with van der Waals surface area (Å²) in [5.41, 5.74) is 8.20. The summed E-state index contributed by atoms with van der Waals surface area (Å²) in [4.78, 5) is 4.55. The van der Waals surface area contributed by atoms with E-state index in [-0.39, 0.29) is 12.3 Å². The van der Waals surface area contributed by atoms with Gasteiger partial charge in [0.15, 0.2) is 0 Å². The van der Waals surface area contributed by atoms with Gasteiger partial charge >= 0.3 is 0 Å². The number of hydrogen-bond donors (Lipinski definition) is 2. The molecule has 0 saturated carbocycles. The molecule has 0 aliphatic rings. The summed E-state index contributed by atoms with van der Waals surface area (Å²) < 4.78 is 15.2. The molecule has 3 aromatic rings. The zero-order chi connectivity index (χ0) is 14.1. The Labute approximate surface area is 115 Å². The monoisotopic (exact) mass is 271 g/mol. The van der Waals surface area contributed by atoms with Gasteiger partial charge in [0, 0.05) is 12.1 Å².